The summed E-state index contributed by atoms with van der Waals surface area (Å²) >= 11 is 0. The maximum absolute atomic E-state index is 13.5. The lowest BCUT2D eigenvalue weighted by Crippen LogP contribution is -2.47. The number of halogens is 1. The van der Waals surface area contributed by atoms with Gasteiger partial charge in [-0.3, -0.25) is 0 Å². The zero-order valence-electron chi connectivity index (χ0n) is 18.7. The molecule has 0 bridgehead atoms. The highest BCUT2D eigenvalue weighted by atomic mass is 19.1. The van der Waals surface area contributed by atoms with E-state index in [1.807, 2.05) is 36.4 Å². The summed E-state index contributed by atoms with van der Waals surface area (Å²) in [6, 6.07) is 11.6. The molecule has 0 saturated carbocycles. The molecule has 1 aromatic carbocycles. The summed E-state index contributed by atoms with van der Waals surface area (Å²) in [7, 11) is 0. The third-order valence-corrected chi connectivity index (χ3v) is 6.17. The van der Waals surface area contributed by atoms with Crippen molar-refractivity contribution in [2.75, 3.05) is 41.7 Å². The van der Waals surface area contributed by atoms with E-state index in [1.54, 1.807) is 12.3 Å². The molecule has 8 heteroatoms. The maximum atomic E-state index is 13.5. The molecule has 2 aliphatic rings. The molecule has 3 heterocycles. The number of allylic oxidation sites excluding steroid dienone is 6. The van der Waals surface area contributed by atoms with Gasteiger partial charge in [-0.05, 0) is 42.8 Å². The Balaban J connectivity index is 1.39. The normalized spacial score (nSPS) is 16.1. The third-order valence-electron chi connectivity index (χ3n) is 6.17. The summed E-state index contributed by atoms with van der Waals surface area (Å²) in [5, 5.41) is 20.2. The molecule has 2 N–H and O–H groups in total. The summed E-state index contributed by atoms with van der Waals surface area (Å²) in [5.74, 6) is 1.44. The Hall–Kier alpha value is -4.25. The van der Waals surface area contributed by atoms with Crippen LogP contribution in [-0.2, 0) is 6.42 Å². The Morgan fingerprint density at radius 1 is 1.00 bits per heavy atom. The number of nitrogen functional groups attached to an aromatic ring is 1. The zero-order valence-corrected chi connectivity index (χ0v) is 18.7. The van der Waals surface area contributed by atoms with E-state index in [0.29, 0.717) is 24.1 Å². The smallest absolute Gasteiger partial charge is 0.159 e. The number of nitriles is 1. The first-order valence-electron chi connectivity index (χ1n) is 11.2. The van der Waals surface area contributed by atoms with Crippen molar-refractivity contribution >= 4 is 28.1 Å². The topological polar surface area (TPSA) is 95.0 Å². The first-order chi connectivity index (χ1) is 16.6. The first-order valence-corrected chi connectivity index (χ1v) is 11.2. The summed E-state index contributed by atoms with van der Waals surface area (Å²) in [4.78, 5) is 8.84. The van der Waals surface area contributed by atoms with E-state index in [0.717, 1.165) is 59.9 Å². The predicted molar refractivity (Wildman–Crippen MR) is 132 cm³/mol. The SMILES string of the molecule is N#Cc1ccc(N2CCN(c3nnc(CC4=CC=C(F)C=CC4)c4ccc(N)cc34)CC2)nc1. The van der Waals surface area contributed by atoms with Crippen LogP contribution in [0.5, 0.6) is 0 Å². The Kier molecular flexibility index (Phi) is 5.91. The molecule has 1 saturated heterocycles. The highest BCUT2D eigenvalue weighted by molar-refractivity contribution is 5.95. The third kappa shape index (κ3) is 4.46. The van der Waals surface area contributed by atoms with E-state index in [4.69, 9.17) is 11.0 Å². The summed E-state index contributed by atoms with van der Waals surface area (Å²) < 4.78 is 13.5. The number of aromatic nitrogens is 3. The van der Waals surface area contributed by atoms with E-state index < -0.39 is 0 Å². The number of rotatable bonds is 4. The average molecular weight is 454 g/mol. The second-order valence-corrected chi connectivity index (χ2v) is 8.43. The minimum absolute atomic E-state index is 0.246. The van der Waals surface area contributed by atoms with Crippen molar-refractivity contribution in [3.63, 3.8) is 0 Å². The van der Waals surface area contributed by atoms with Crippen molar-refractivity contribution in [2.45, 2.75) is 12.8 Å². The van der Waals surface area contributed by atoms with Crippen molar-refractivity contribution in [3.05, 3.63) is 83.5 Å². The van der Waals surface area contributed by atoms with Crippen LogP contribution < -0.4 is 15.5 Å². The Labute approximate surface area is 197 Å². The van der Waals surface area contributed by atoms with Gasteiger partial charge in [0.05, 0.1) is 11.3 Å². The average Bonchev–Trinajstić information content (AvgIpc) is 3.08. The lowest BCUT2D eigenvalue weighted by Gasteiger charge is -2.36. The molecule has 5 rings (SSSR count). The fourth-order valence-electron chi connectivity index (χ4n) is 4.35. The molecule has 0 radical (unpaired) electrons. The van der Waals surface area contributed by atoms with Gasteiger partial charge in [-0.25, -0.2) is 9.37 Å². The minimum Gasteiger partial charge on any atom is -0.399 e. The predicted octanol–water partition coefficient (Wildman–Crippen LogP) is 4.09. The van der Waals surface area contributed by atoms with Crippen molar-refractivity contribution in [1.29, 1.82) is 5.26 Å². The summed E-state index contributed by atoms with van der Waals surface area (Å²) in [6.07, 6.45) is 9.51. The molecule has 1 aliphatic carbocycles. The van der Waals surface area contributed by atoms with E-state index in [-0.39, 0.29) is 5.83 Å². The standard InChI is InChI=1S/C26H24FN7/c27-20-3-1-2-18(4-6-20)14-24-22-8-7-21(29)15-23(22)26(32-31-24)34-12-10-33(11-13-34)25-9-5-19(16-28)17-30-25/h1,3-9,15,17H,2,10-14,29H2. The Morgan fingerprint density at radius 3 is 2.59 bits per heavy atom. The van der Waals surface area contributed by atoms with Crippen molar-refractivity contribution in [2.24, 2.45) is 0 Å². The van der Waals surface area contributed by atoms with Crippen LogP contribution in [0, 0.1) is 11.3 Å². The van der Waals surface area contributed by atoms with E-state index in [1.165, 1.54) is 12.2 Å². The lowest BCUT2D eigenvalue weighted by molar-refractivity contribution is 0.639. The van der Waals surface area contributed by atoms with E-state index >= 15 is 0 Å². The van der Waals surface area contributed by atoms with Gasteiger partial charge in [0.2, 0.25) is 0 Å². The number of piperazine rings is 1. The molecule has 170 valence electrons. The van der Waals surface area contributed by atoms with Gasteiger partial charge in [0.1, 0.15) is 17.7 Å². The van der Waals surface area contributed by atoms with Crippen LogP contribution >= 0.6 is 0 Å². The molecule has 0 unspecified atom stereocenters. The lowest BCUT2D eigenvalue weighted by atomic mass is 10.0. The second kappa shape index (κ2) is 9.32. The van der Waals surface area contributed by atoms with Crippen LogP contribution in [0.25, 0.3) is 10.8 Å². The largest absolute Gasteiger partial charge is 0.399 e. The number of pyridine rings is 1. The number of hydrogen-bond donors (Lipinski definition) is 1. The van der Waals surface area contributed by atoms with Crippen LogP contribution in [0.2, 0.25) is 0 Å². The molecule has 1 aliphatic heterocycles. The van der Waals surface area contributed by atoms with Crippen molar-refractivity contribution in [3.8, 4) is 6.07 Å². The van der Waals surface area contributed by atoms with Gasteiger partial charge >= 0.3 is 0 Å². The van der Waals surface area contributed by atoms with Crippen LogP contribution in [0.3, 0.4) is 0 Å². The molecule has 2 aromatic heterocycles. The van der Waals surface area contributed by atoms with Crippen LogP contribution in [0.4, 0.5) is 21.7 Å². The van der Waals surface area contributed by atoms with E-state index in [2.05, 4.69) is 31.1 Å². The highest BCUT2D eigenvalue weighted by Gasteiger charge is 2.22. The zero-order chi connectivity index (χ0) is 23.5. The van der Waals surface area contributed by atoms with Gasteiger partial charge in [-0.2, -0.15) is 10.4 Å². The maximum Gasteiger partial charge on any atom is 0.159 e. The fourth-order valence-corrected chi connectivity index (χ4v) is 4.35. The number of benzene rings is 1. The van der Waals surface area contributed by atoms with E-state index in [9.17, 15) is 4.39 Å². The quantitative estimate of drug-likeness (QED) is 0.595. The van der Waals surface area contributed by atoms with Gasteiger partial charge in [-0.1, -0.05) is 23.8 Å². The van der Waals surface area contributed by atoms with Crippen LogP contribution in [0.1, 0.15) is 17.7 Å². The van der Waals surface area contributed by atoms with Crippen LogP contribution in [0.15, 0.2) is 72.2 Å². The molecule has 1 fully saturated rings. The minimum atomic E-state index is -0.246. The van der Waals surface area contributed by atoms with Crippen molar-refractivity contribution in [1.82, 2.24) is 15.2 Å². The number of anilines is 3. The Morgan fingerprint density at radius 2 is 1.82 bits per heavy atom. The second-order valence-electron chi connectivity index (χ2n) is 8.43. The van der Waals surface area contributed by atoms with Gasteiger partial charge < -0.3 is 15.5 Å². The fraction of sp³-hybridized carbons (Fsp3) is 0.231. The van der Waals surface area contributed by atoms with Gasteiger partial charge in [0.15, 0.2) is 5.82 Å². The summed E-state index contributed by atoms with van der Waals surface area (Å²) in [6.45, 7) is 3.09. The van der Waals surface area contributed by atoms with Crippen molar-refractivity contribution < 1.29 is 4.39 Å². The molecule has 0 amide bonds. The number of fused-ring (bicyclic) bond motifs is 1. The van der Waals surface area contributed by atoms with Crippen LogP contribution in [-0.4, -0.2) is 41.4 Å². The molecular formula is C26H24FN7. The summed E-state index contributed by atoms with van der Waals surface area (Å²) in [5.41, 5.74) is 9.30. The molecule has 7 nitrogen and oxygen atoms in total. The number of hydrogen-bond acceptors (Lipinski definition) is 7. The van der Waals surface area contributed by atoms with Gasteiger partial charge in [0, 0.05) is 55.3 Å². The number of nitrogens with zero attached hydrogens (tertiary/aromatic N) is 6. The number of nitrogens with two attached hydrogens (primary N) is 1. The monoisotopic (exact) mass is 453 g/mol. The van der Waals surface area contributed by atoms with Gasteiger partial charge in [-0.15, -0.1) is 5.10 Å². The molecule has 34 heavy (non-hydrogen) atoms. The molecule has 0 atom stereocenters. The first kappa shape index (κ1) is 21.6. The molecular weight excluding hydrogens is 429 g/mol. The highest BCUT2D eigenvalue weighted by Crippen LogP contribution is 2.30. The Bertz CT molecular complexity index is 1340. The molecule has 0 spiro atoms. The molecule has 3 aromatic rings. The van der Waals surface area contributed by atoms with Gasteiger partial charge in [0.25, 0.3) is 0 Å².